The highest BCUT2D eigenvalue weighted by Gasteiger charge is 2.33. The summed E-state index contributed by atoms with van der Waals surface area (Å²) in [4.78, 5) is 16.7. The number of hydrogen-bond acceptors (Lipinski definition) is 3. The molecule has 1 amide bonds. The van der Waals surface area contributed by atoms with Crippen molar-refractivity contribution in [3.05, 3.63) is 34.9 Å². The number of carbonyl (C=O) groups excluding carboxylic acids is 1. The molecule has 0 radical (unpaired) electrons. The van der Waals surface area contributed by atoms with Gasteiger partial charge in [0.25, 0.3) is 0 Å². The standard InChI is InChI=1S/C17H26ClN3O/c1-3-8-17(2,19)16(22)21-11-9-20(10-12-21)13-14-6-4-5-7-15(14)18/h4-7H,3,8-13,19H2,1-2H3. The Balaban J connectivity index is 1.88. The van der Waals surface area contributed by atoms with Gasteiger partial charge in [0, 0.05) is 37.7 Å². The number of carbonyl (C=O) groups is 1. The van der Waals surface area contributed by atoms with Crippen molar-refractivity contribution in [3.8, 4) is 0 Å². The Labute approximate surface area is 138 Å². The second-order valence-electron chi connectivity index (χ2n) is 6.33. The Bertz CT molecular complexity index is 510. The molecule has 22 heavy (non-hydrogen) atoms. The van der Waals surface area contributed by atoms with Gasteiger partial charge in [-0.15, -0.1) is 0 Å². The molecule has 1 heterocycles. The summed E-state index contributed by atoms with van der Waals surface area (Å²) in [6.07, 6.45) is 1.65. The van der Waals surface area contributed by atoms with E-state index in [-0.39, 0.29) is 5.91 Å². The maximum absolute atomic E-state index is 12.5. The SMILES string of the molecule is CCCC(C)(N)C(=O)N1CCN(Cc2ccccc2Cl)CC1. The third kappa shape index (κ3) is 4.22. The van der Waals surface area contributed by atoms with E-state index in [0.717, 1.165) is 56.2 Å². The molecule has 1 aliphatic heterocycles. The molecule has 0 saturated carbocycles. The monoisotopic (exact) mass is 323 g/mol. The van der Waals surface area contributed by atoms with Crippen LogP contribution in [0.15, 0.2) is 24.3 Å². The van der Waals surface area contributed by atoms with Crippen LogP contribution in [0.4, 0.5) is 0 Å². The van der Waals surface area contributed by atoms with Gasteiger partial charge in [-0.3, -0.25) is 9.69 Å². The maximum Gasteiger partial charge on any atom is 0.242 e. The van der Waals surface area contributed by atoms with E-state index in [4.69, 9.17) is 17.3 Å². The molecule has 0 aromatic heterocycles. The third-order valence-corrected chi connectivity index (χ3v) is 4.64. The molecule has 1 aromatic carbocycles. The van der Waals surface area contributed by atoms with E-state index in [2.05, 4.69) is 17.9 Å². The molecule has 122 valence electrons. The molecular weight excluding hydrogens is 298 g/mol. The van der Waals surface area contributed by atoms with E-state index in [1.807, 2.05) is 30.0 Å². The van der Waals surface area contributed by atoms with Gasteiger partial charge in [-0.05, 0) is 25.0 Å². The summed E-state index contributed by atoms with van der Waals surface area (Å²) in [5.74, 6) is 0.0757. The fourth-order valence-corrected chi connectivity index (χ4v) is 3.16. The minimum atomic E-state index is -0.736. The van der Waals surface area contributed by atoms with Crippen molar-refractivity contribution in [2.24, 2.45) is 5.73 Å². The fourth-order valence-electron chi connectivity index (χ4n) is 2.96. The molecule has 2 N–H and O–H groups in total. The Kier molecular flexibility index (Phi) is 5.84. The van der Waals surface area contributed by atoms with E-state index in [0.29, 0.717) is 0 Å². The van der Waals surface area contributed by atoms with Crippen LogP contribution >= 0.6 is 11.6 Å². The van der Waals surface area contributed by atoms with E-state index >= 15 is 0 Å². The zero-order chi connectivity index (χ0) is 16.2. The highest BCUT2D eigenvalue weighted by Crippen LogP contribution is 2.19. The van der Waals surface area contributed by atoms with E-state index in [1.54, 1.807) is 0 Å². The van der Waals surface area contributed by atoms with Gasteiger partial charge in [-0.1, -0.05) is 43.1 Å². The van der Waals surface area contributed by atoms with Crippen molar-refractivity contribution in [2.75, 3.05) is 26.2 Å². The second-order valence-corrected chi connectivity index (χ2v) is 6.73. The van der Waals surface area contributed by atoms with Crippen LogP contribution < -0.4 is 5.73 Å². The minimum absolute atomic E-state index is 0.0757. The molecule has 0 bridgehead atoms. The average Bonchev–Trinajstić information content (AvgIpc) is 2.49. The first-order valence-electron chi connectivity index (χ1n) is 7.98. The van der Waals surface area contributed by atoms with Gasteiger partial charge in [0.2, 0.25) is 5.91 Å². The van der Waals surface area contributed by atoms with Gasteiger partial charge in [-0.2, -0.15) is 0 Å². The molecule has 2 rings (SSSR count). The molecule has 0 aliphatic carbocycles. The number of halogens is 1. The predicted molar refractivity (Wildman–Crippen MR) is 90.8 cm³/mol. The van der Waals surface area contributed by atoms with Gasteiger partial charge in [0.05, 0.1) is 5.54 Å². The maximum atomic E-state index is 12.5. The number of piperazine rings is 1. The number of hydrogen-bond donors (Lipinski definition) is 1. The smallest absolute Gasteiger partial charge is 0.242 e. The number of nitrogens with zero attached hydrogens (tertiary/aromatic N) is 2. The van der Waals surface area contributed by atoms with Gasteiger partial charge >= 0.3 is 0 Å². The zero-order valence-corrected chi connectivity index (χ0v) is 14.3. The van der Waals surface area contributed by atoms with Crippen LogP contribution in [-0.4, -0.2) is 47.4 Å². The molecule has 1 unspecified atom stereocenters. The lowest BCUT2D eigenvalue weighted by Crippen LogP contribution is -2.58. The molecule has 0 spiro atoms. The Morgan fingerprint density at radius 1 is 1.27 bits per heavy atom. The fraction of sp³-hybridized carbons (Fsp3) is 0.588. The molecule has 1 aromatic rings. The van der Waals surface area contributed by atoms with Gasteiger partial charge < -0.3 is 10.6 Å². The van der Waals surface area contributed by atoms with E-state index in [9.17, 15) is 4.79 Å². The van der Waals surface area contributed by atoms with Crippen molar-refractivity contribution in [1.82, 2.24) is 9.80 Å². The average molecular weight is 324 g/mol. The van der Waals surface area contributed by atoms with Crippen LogP contribution in [0.5, 0.6) is 0 Å². The normalized spacial score (nSPS) is 19.0. The van der Waals surface area contributed by atoms with Crippen molar-refractivity contribution in [1.29, 1.82) is 0 Å². The number of nitrogens with two attached hydrogens (primary N) is 1. The van der Waals surface area contributed by atoms with Crippen LogP contribution in [0.25, 0.3) is 0 Å². The lowest BCUT2D eigenvalue weighted by Gasteiger charge is -2.38. The summed E-state index contributed by atoms with van der Waals surface area (Å²) in [6, 6.07) is 7.92. The second kappa shape index (κ2) is 7.44. The zero-order valence-electron chi connectivity index (χ0n) is 13.5. The van der Waals surface area contributed by atoms with Crippen molar-refractivity contribution >= 4 is 17.5 Å². The molecule has 1 fully saturated rings. The summed E-state index contributed by atoms with van der Waals surface area (Å²) in [6.45, 7) is 7.92. The van der Waals surface area contributed by atoms with Crippen molar-refractivity contribution < 1.29 is 4.79 Å². The lowest BCUT2D eigenvalue weighted by molar-refractivity contribution is -0.138. The first kappa shape index (κ1) is 17.3. The van der Waals surface area contributed by atoms with Crippen LogP contribution in [0.2, 0.25) is 5.02 Å². The van der Waals surface area contributed by atoms with Crippen LogP contribution in [-0.2, 0) is 11.3 Å². The molecule has 5 heteroatoms. The van der Waals surface area contributed by atoms with Crippen molar-refractivity contribution in [3.63, 3.8) is 0 Å². The molecule has 1 atom stereocenters. The van der Waals surface area contributed by atoms with Gasteiger partial charge in [-0.25, -0.2) is 0 Å². The summed E-state index contributed by atoms with van der Waals surface area (Å²) in [5.41, 5.74) is 6.56. The summed E-state index contributed by atoms with van der Waals surface area (Å²) in [7, 11) is 0. The number of benzene rings is 1. The van der Waals surface area contributed by atoms with Crippen LogP contribution in [0.3, 0.4) is 0 Å². The minimum Gasteiger partial charge on any atom is -0.339 e. The summed E-state index contributed by atoms with van der Waals surface area (Å²) < 4.78 is 0. The Hall–Kier alpha value is -1.10. The summed E-state index contributed by atoms with van der Waals surface area (Å²) in [5, 5.41) is 0.804. The topological polar surface area (TPSA) is 49.6 Å². The lowest BCUT2D eigenvalue weighted by atomic mass is 9.95. The molecule has 1 saturated heterocycles. The Morgan fingerprint density at radius 3 is 2.50 bits per heavy atom. The van der Waals surface area contributed by atoms with Gasteiger partial charge in [0.1, 0.15) is 0 Å². The van der Waals surface area contributed by atoms with Crippen molar-refractivity contribution in [2.45, 2.75) is 38.8 Å². The predicted octanol–water partition coefficient (Wildman–Crippen LogP) is 2.50. The first-order valence-corrected chi connectivity index (χ1v) is 8.36. The highest BCUT2D eigenvalue weighted by molar-refractivity contribution is 6.31. The largest absolute Gasteiger partial charge is 0.339 e. The Morgan fingerprint density at radius 2 is 1.91 bits per heavy atom. The molecule has 4 nitrogen and oxygen atoms in total. The van der Waals surface area contributed by atoms with Crippen LogP contribution in [0.1, 0.15) is 32.3 Å². The molecular formula is C17H26ClN3O. The number of amides is 1. The highest BCUT2D eigenvalue weighted by atomic mass is 35.5. The third-order valence-electron chi connectivity index (χ3n) is 4.27. The van der Waals surface area contributed by atoms with Gasteiger partial charge in [0.15, 0.2) is 0 Å². The van der Waals surface area contributed by atoms with E-state index in [1.165, 1.54) is 0 Å². The van der Waals surface area contributed by atoms with E-state index < -0.39 is 5.54 Å². The van der Waals surface area contributed by atoms with Crippen LogP contribution in [0, 0.1) is 0 Å². The molecule has 1 aliphatic rings. The summed E-state index contributed by atoms with van der Waals surface area (Å²) >= 11 is 6.21. The quantitative estimate of drug-likeness (QED) is 0.905. The number of rotatable bonds is 5. The first-order chi connectivity index (χ1) is 10.4.